The van der Waals surface area contributed by atoms with Crippen LogP contribution in [0.25, 0.3) is 0 Å². The number of methoxy groups -OCH3 is 1. The van der Waals surface area contributed by atoms with Gasteiger partial charge in [0.1, 0.15) is 17.3 Å². The number of rotatable bonds is 3. The summed E-state index contributed by atoms with van der Waals surface area (Å²) in [6.45, 7) is 0. The highest BCUT2D eigenvalue weighted by molar-refractivity contribution is 6.09. The average molecular weight is 299 g/mol. The summed E-state index contributed by atoms with van der Waals surface area (Å²) < 4.78 is 55.4. The second kappa shape index (κ2) is 5.51. The minimum Gasteiger partial charge on any atom is -0.496 e. The van der Waals surface area contributed by atoms with Crippen LogP contribution in [0.15, 0.2) is 36.5 Å². The highest BCUT2D eigenvalue weighted by Crippen LogP contribution is 2.29. The maximum Gasteiger partial charge on any atom is 0.417 e. The predicted molar refractivity (Wildman–Crippen MR) is 65.6 cm³/mol. The molecule has 0 bridgehead atoms. The van der Waals surface area contributed by atoms with Crippen molar-refractivity contribution in [3.63, 3.8) is 0 Å². The van der Waals surface area contributed by atoms with Gasteiger partial charge in [0.2, 0.25) is 5.78 Å². The number of benzene rings is 1. The van der Waals surface area contributed by atoms with Gasteiger partial charge in [-0.05, 0) is 30.3 Å². The van der Waals surface area contributed by atoms with Gasteiger partial charge in [0.15, 0.2) is 0 Å². The van der Waals surface area contributed by atoms with Crippen molar-refractivity contribution >= 4 is 5.78 Å². The van der Waals surface area contributed by atoms with E-state index in [0.29, 0.717) is 6.20 Å². The molecule has 1 heterocycles. The number of alkyl halides is 3. The smallest absolute Gasteiger partial charge is 0.417 e. The zero-order valence-electron chi connectivity index (χ0n) is 10.7. The van der Waals surface area contributed by atoms with Gasteiger partial charge in [0.25, 0.3) is 0 Å². The first kappa shape index (κ1) is 15.0. The van der Waals surface area contributed by atoms with Crippen molar-refractivity contribution < 1.29 is 27.1 Å². The molecule has 1 aromatic heterocycles. The number of hydrogen-bond donors (Lipinski definition) is 0. The number of ether oxygens (including phenoxy) is 1. The van der Waals surface area contributed by atoms with Gasteiger partial charge in [-0.15, -0.1) is 0 Å². The van der Waals surface area contributed by atoms with Crippen LogP contribution in [0.3, 0.4) is 0 Å². The standard InChI is InChI=1S/C14H9F4NO2/c1-21-12-5-3-9(15)6-10(12)13(20)11-4-2-8(7-19-11)14(16,17)18/h2-7H,1H3. The molecule has 0 atom stereocenters. The average Bonchev–Trinajstić information content (AvgIpc) is 2.45. The van der Waals surface area contributed by atoms with Crippen molar-refractivity contribution in [3.05, 3.63) is 59.2 Å². The van der Waals surface area contributed by atoms with Gasteiger partial charge in [-0.2, -0.15) is 13.2 Å². The van der Waals surface area contributed by atoms with Crippen molar-refractivity contribution in [1.29, 1.82) is 0 Å². The summed E-state index contributed by atoms with van der Waals surface area (Å²) in [6.07, 6.45) is -3.98. The van der Waals surface area contributed by atoms with Crippen LogP contribution in [0.4, 0.5) is 17.6 Å². The van der Waals surface area contributed by atoms with E-state index in [4.69, 9.17) is 4.74 Å². The number of aromatic nitrogens is 1. The summed E-state index contributed by atoms with van der Waals surface area (Å²) in [7, 11) is 1.30. The third-order valence-corrected chi connectivity index (χ3v) is 2.73. The first-order chi connectivity index (χ1) is 9.82. The van der Waals surface area contributed by atoms with Crippen molar-refractivity contribution in [2.45, 2.75) is 6.18 Å². The maximum atomic E-state index is 13.2. The number of carbonyl (C=O) groups is 1. The normalized spacial score (nSPS) is 11.3. The van der Waals surface area contributed by atoms with E-state index in [1.54, 1.807) is 0 Å². The van der Waals surface area contributed by atoms with Crippen LogP contribution < -0.4 is 4.74 Å². The first-order valence-corrected chi connectivity index (χ1v) is 5.74. The van der Waals surface area contributed by atoms with Gasteiger partial charge in [-0.25, -0.2) is 4.39 Å². The lowest BCUT2D eigenvalue weighted by atomic mass is 10.1. The quantitative estimate of drug-likeness (QED) is 0.643. The minimum atomic E-state index is -4.54. The number of ketones is 1. The van der Waals surface area contributed by atoms with E-state index in [1.165, 1.54) is 13.2 Å². The number of halogens is 4. The molecule has 21 heavy (non-hydrogen) atoms. The van der Waals surface area contributed by atoms with E-state index >= 15 is 0 Å². The summed E-state index contributed by atoms with van der Waals surface area (Å²) in [5, 5.41) is 0. The molecule has 0 N–H and O–H groups in total. The highest BCUT2D eigenvalue weighted by atomic mass is 19.4. The van der Waals surface area contributed by atoms with Crippen molar-refractivity contribution in [1.82, 2.24) is 4.98 Å². The lowest BCUT2D eigenvalue weighted by Crippen LogP contribution is -2.10. The highest BCUT2D eigenvalue weighted by Gasteiger charge is 2.31. The largest absolute Gasteiger partial charge is 0.496 e. The second-order valence-corrected chi connectivity index (χ2v) is 4.10. The van der Waals surface area contributed by atoms with Crippen molar-refractivity contribution in [3.8, 4) is 5.75 Å². The lowest BCUT2D eigenvalue weighted by molar-refractivity contribution is -0.137. The van der Waals surface area contributed by atoms with Crippen LogP contribution in [0, 0.1) is 5.82 Å². The Morgan fingerprint density at radius 2 is 1.90 bits per heavy atom. The second-order valence-electron chi connectivity index (χ2n) is 4.10. The molecular weight excluding hydrogens is 290 g/mol. The molecular formula is C14H9F4NO2. The van der Waals surface area contributed by atoms with Crippen LogP contribution in [0.2, 0.25) is 0 Å². The summed E-state index contributed by atoms with van der Waals surface area (Å²) in [4.78, 5) is 15.6. The van der Waals surface area contributed by atoms with Crippen LogP contribution in [0.5, 0.6) is 5.75 Å². The van der Waals surface area contributed by atoms with Crippen LogP contribution in [0.1, 0.15) is 21.6 Å². The van der Waals surface area contributed by atoms with Gasteiger partial charge in [0, 0.05) is 6.20 Å². The van der Waals surface area contributed by atoms with Gasteiger partial charge >= 0.3 is 6.18 Å². The minimum absolute atomic E-state index is 0.107. The first-order valence-electron chi connectivity index (χ1n) is 5.74. The predicted octanol–water partition coefficient (Wildman–Crippen LogP) is 3.48. The van der Waals surface area contributed by atoms with Gasteiger partial charge in [-0.3, -0.25) is 9.78 Å². The van der Waals surface area contributed by atoms with E-state index in [9.17, 15) is 22.4 Å². The molecule has 3 nitrogen and oxygen atoms in total. The van der Waals surface area contributed by atoms with E-state index in [2.05, 4.69) is 4.98 Å². The Hall–Kier alpha value is -2.44. The monoisotopic (exact) mass is 299 g/mol. The Morgan fingerprint density at radius 3 is 2.43 bits per heavy atom. The van der Waals surface area contributed by atoms with Crippen LogP contribution in [-0.2, 0) is 6.18 Å². The number of nitrogens with zero attached hydrogens (tertiary/aromatic N) is 1. The summed E-state index contributed by atoms with van der Waals surface area (Å²) in [5.41, 5.74) is -1.30. The molecule has 2 aromatic rings. The van der Waals surface area contributed by atoms with E-state index < -0.39 is 23.3 Å². The third-order valence-electron chi connectivity index (χ3n) is 2.73. The fourth-order valence-corrected chi connectivity index (χ4v) is 1.69. The fraction of sp³-hybridized carbons (Fsp3) is 0.143. The molecule has 0 aliphatic carbocycles. The summed E-state index contributed by atoms with van der Waals surface area (Å²) >= 11 is 0. The summed E-state index contributed by atoms with van der Waals surface area (Å²) in [5.74, 6) is -1.27. The van der Waals surface area contributed by atoms with E-state index in [-0.39, 0.29) is 17.0 Å². The SMILES string of the molecule is COc1ccc(F)cc1C(=O)c1ccc(C(F)(F)F)cn1. The third kappa shape index (κ3) is 3.18. The topological polar surface area (TPSA) is 39.2 Å². The molecule has 0 spiro atoms. The molecule has 0 fully saturated rings. The molecule has 0 saturated carbocycles. The zero-order valence-corrected chi connectivity index (χ0v) is 10.7. The Bertz CT molecular complexity index is 666. The number of pyridine rings is 1. The molecule has 110 valence electrons. The number of hydrogen-bond acceptors (Lipinski definition) is 3. The Labute approximate surface area is 117 Å². The maximum absolute atomic E-state index is 13.2. The molecule has 0 radical (unpaired) electrons. The molecule has 0 saturated heterocycles. The lowest BCUT2D eigenvalue weighted by Gasteiger charge is -2.09. The van der Waals surface area contributed by atoms with E-state index in [1.807, 2.05) is 0 Å². The van der Waals surface area contributed by atoms with E-state index in [0.717, 1.165) is 24.3 Å². The van der Waals surface area contributed by atoms with Crippen molar-refractivity contribution in [2.24, 2.45) is 0 Å². The van der Waals surface area contributed by atoms with Gasteiger partial charge in [0.05, 0.1) is 18.2 Å². The molecule has 0 aliphatic heterocycles. The van der Waals surface area contributed by atoms with Gasteiger partial charge < -0.3 is 4.74 Å². The zero-order chi connectivity index (χ0) is 15.6. The van der Waals surface area contributed by atoms with Crippen molar-refractivity contribution in [2.75, 3.05) is 7.11 Å². The molecule has 2 rings (SSSR count). The molecule has 0 aliphatic rings. The Morgan fingerprint density at radius 1 is 1.19 bits per heavy atom. The Balaban J connectivity index is 2.39. The fourth-order valence-electron chi connectivity index (χ4n) is 1.69. The Kier molecular flexibility index (Phi) is 3.93. The molecule has 1 aromatic carbocycles. The molecule has 0 amide bonds. The van der Waals surface area contributed by atoms with Gasteiger partial charge in [-0.1, -0.05) is 0 Å². The summed E-state index contributed by atoms with van der Waals surface area (Å²) in [6, 6.07) is 4.99. The molecule has 0 unspecified atom stereocenters. The van der Waals surface area contributed by atoms with Crippen LogP contribution >= 0.6 is 0 Å². The number of carbonyl (C=O) groups excluding carboxylic acids is 1. The van der Waals surface area contributed by atoms with Crippen LogP contribution in [-0.4, -0.2) is 17.9 Å². The molecule has 7 heteroatoms.